The standard InChI is InChI=1S/C26H42FN3O3/c1-32-15-6-16-33-25(21-10-12-23(27)13-11-21)22-9-5-14-30(19-22)26(31)29-24(18-28)17-20-7-3-2-4-8-20/h10-13,20,22,24-25H,2-9,14-19,28H2,1H3,(H,29,31). The van der Waals surface area contributed by atoms with Crippen LogP contribution in [0.5, 0.6) is 0 Å². The zero-order valence-electron chi connectivity index (χ0n) is 20.1. The molecular formula is C26H42FN3O3. The van der Waals surface area contributed by atoms with Crippen molar-refractivity contribution in [2.24, 2.45) is 17.6 Å². The second-order valence-electron chi connectivity index (χ2n) is 9.66. The van der Waals surface area contributed by atoms with Crippen LogP contribution in [0.25, 0.3) is 0 Å². The Morgan fingerprint density at radius 3 is 2.61 bits per heavy atom. The number of methoxy groups -OCH3 is 1. The normalized spacial score (nSPS) is 21.5. The first-order valence-corrected chi connectivity index (χ1v) is 12.7. The first kappa shape index (κ1) is 25.9. The molecule has 3 unspecified atom stereocenters. The number of nitrogens with two attached hydrogens (primary N) is 1. The molecule has 1 saturated carbocycles. The van der Waals surface area contributed by atoms with Crippen LogP contribution in [0, 0.1) is 17.7 Å². The Morgan fingerprint density at radius 2 is 1.91 bits per heavy atom. The van der Waals surface area contributed by atoms with Crippen molar-refractivity contribution in [3.05, 3.63) is 35.6 Å². The third-order valence-corrected chi connectivity index (χ3v) is 7.12. The average Bonchev–Trinajstić information content (AvgIpc) is 2.85. The summed E-state index contributed by atoms with van der Waals surface area (Å²) in [7, 11) is 1.68. The lowest BCUT2D eigenvalue weighted by molar-refractivity contribution is -0.0168. The van der Waals surface area contributed by atoms with Gasteiger partial charge in [0.15, 0.2) is 0 Å². The highest BCUT2D eigenvalue weighted by molar-refractivity contribution is 5.74. The second-order valence-corrected chi connectivity index (χ2v) is 9.66. The van der Waals surface area contributed by atoms with Crippen molar-refractivity contribution in [1.29, 1.82) is 0 Å². The van der Waals surface area contributed by atoms with Gasteiger partial charge >= 0.3 is 6.03 Å². The Balaban J connectivity index is 1.59. The Morgan fingerprint density at radius 1 is 1.15 bits per heavy atom. The molecule has 2 fully saturated rings. The lowest BCUT2D eigenvalue weighted by Gasteiger charge is -2.38. The number of rotatable bonds is 11. The summed E-state index contributed by atoms with van der Waals surface area (Å²) in [4.78, 5) is 15.0. The van der Waals surface area contributed by atoms with Gasteiger partial charge in [-0.15, -0.1) is 0 Å². The number of halogens is 1. The summed E-state index contributed by atoms with van der Waals surface area (Å²) in [5.41, 5.74) is 6.97. The van der Waals surface area contributed by atoms with Crippen LogP contribution in [-0.2, 0) is 9.47 Å². The topological polar surface area (TPSA) is 76.8 Å². The zero-order valence-corrected chi connectivity index (χ0v) is 20.1. The highest BCUT2D eigenvalue weighted by Gasteiger charge is 2.32. The number of ether oxygens (including phenoxy) is 2. The van der Waals surface area contributed by atoms with E-state index in [2.05, 4.69) is 5.32 Å². The summed E-state index contributed by atoms with van der Waals surface area (Å²) in [6.07, 6.45) is 9.89. The van der Waals surface area contributed by atoms with E-state index in [0.717, 1.165) is 37.8 Å². The van der Waals surface area contributed by atoms with Gasteiger partial charge in [0.25, 0.3) is 0 Å². The third kappa shape index (κ3) is 8.23. The molecule has 186 valence electrons. The molecule has 33 heavy (non-hydrogen) atoms. The van der Waals surface area contributed by atoms with Gasteiger partial charge in [-0.1, -0.05) is 44.2 Å². The van der Waals surface area contributed by atoms with Crippen molar-refractivity contribution in [2.45, 2.75) is 69.9 Å². The summed E-state index contributed by atoms with van der Waals surface area (Å²) < 4.78 is 24.9. The molecule has 1 aliphatic heterocycles. The van der Waals surface area contributed by atoms with E-state index < -0.39 is 0 Å². The maximum atomic E-state index is 13.5. The van der Waals surface area contributed by atoms with Crippen LogP contribution in [0.1, 0.15) is 69.5 Å². The highest BCUT2D eigenvalue weighted by Crippen LogP contribution is 2.33. The van der Waals surface area contributed by atoms with Crippen molar-refractivity contribution in [1.82, 2.24) is 10.2 Å². The first-order valence-electron chi connectivity index (χ1n) is 12.7. The predicted octanol–water partition coefficient (Wildman–Crippen LogP) is 4.64. The van der Waals surface area contributed by atoms with E-state index in [1.54, 1.807) is 19.2 Å². The predicted molar refractivity (Wildman–Crippen MR) is 128 cm³/mol. The van der Waals surface area contributed by atoms with Crippen molar-refractivity contribution >= 4 is 6.03 Å². The Kier molecular flexibility index (Phi) is 10.9. The van der Waals surface area contributed by atoms with E-state index >= 15 is 0 Å². The van der Waals surface area contributed by atoms with Crippen molar-refractivity contribution in [2.75, 3.05) is 40.0 Å². The third-order valence-electron chi connectivity index (χ3n) is 7.12. The van der Waals surface area contributed by atoms with Crippen LogP contribution >= 0.6 is 0 Å². The van der Waals surface area contributed by atoms with Crippen molar-refractivity contribution in [3.63, 3.8) is 0 Å². The molecule has 1 aromatic rings. The van der Waals surface area contributed by atoms with Crippen LogP contribution in [0.4, 0.5) is 9.18 Å². The van der Waals surface area contributed by atoms with Gasteiger partial charge in [0.05, 0.1) is 6.10 Å². The molecule has 1 heterocycles. The van der Waals surface area contributed by atoms with Gasteiger partial charge in [0.1, 0.15) is 5.82 Å². The number of hydrogen-bond donors (Lipinski definition) is 2. The maximum Gasteiger partial charge on any atom is 0.317 e. The highest BCUT2D eigenvalue weighted by atomic mass is 19.1. The number of nitrogens with zero attached hydrogens (tertiary/aromatic N) is 1. The van der Waals surface area contributed by atoms with Gasteiger partial charge in [-0.2, -0.15) is 0 Å². The molecular weight excluding hydrogens is 421 g/mol. The minimum absolute atomic E-state index is 0.0248. The number of carbonyl (C=O) groups excluding carboxylic acids is 1. The molecule has 7 heteroatoms. The molecule has 1 aliphatic carbocycles. The minimum Gasteiger partial charge on any atom is -0.385 e. The lowest BCUT2D eigenvalue weighted by Crippen LogP contribution is -2.51. The fraction of sp³-hybridized carbons (Fsp3) is 0.731. The summed E-state index contributed by atoms with van der Waals surface area (Å²) in [6, 6.07) is 6.55. The van der Waals surface area contributed by atoms with E-state index in [9.17, 15) is 9.18 Å². The molecule has 0 radical (unpaired) electrons. The molecule has 2 amide bonds. The molecule has 6 nitrogen and oxygen atoms in total. The largest absolute Gasteiger partial charge is 0.385 e. The number of likely N-dealkylation sites (tertiary alicyclic amines) is 1. The number of carbonyl (C=O) groups is 1. The zero-order chi connectivity index (χ0) is 23.5. The monoisotopic (exact) mass is 463 g/mol. The number of amides is 2. The van der Waals surface area contributed by atoms with Gasteiger partial charge in [-0.05, 0) is 49.3 Å². The SMILES string of the molecule is COCCCOC(c1ccc(F)cc1)C1CCCN(C(=O)NC(CN)CC2CCCCC2)C1. The van der Waals surface area contributed by atoms with Gasteiger partial charge in [-0.25, -0.2) is 9.18 Å². The molecule has 1 aromatic carbocycles. The Bertz CT molecular complexity index is 697. The first-order chi connectivity index (χ1) is 16.1. The van der Waals surface area contributed by atoms with E-state index in [4.69, 9.17) is 15.2 Å². The number of piperidine rings is 1. The fourth-order valence-electron chi connectivity index (χ4n) is 5.32. The second kappa shape index (κ2) is 13.9. The van der Waals surface area contributed by atoms with E-state index in [0.29, 0.717) is 32.2 Å². The number of hydrogen-bond acceptors (Lipinski definition) is 4. The van der Waals surface area contributed by atoms with Crippen LogP contribution < -0.4 is 11.1 Å². The fourth-order valence-corrected chi connectivity index (χ4v) is 5.32. The molecule has 0 aromatic heterocycles. The Hall–Kier alpha value is -1.70. The van der Waals surface area contributed by atoms with Crippen molar-refractivity contribution in [3.8, 4) is 0 Å². The van der Waals surface area contributed by atoms with Crippen LogP contribution in [0.2, 0.25) is 0 Å². The molecule has 3 N–H and O–H groups in total. The van der Waals surface area contributed by atoms with Crippen molar-refractivity contribution < 1.29 is 18.7 Å². The van der Waals surface area contributed by atoms with Crippen LogP contribution in [-0.4, -0.2) is 56.9 Å². The van der Waals surface area contributed by atoms with Gasteiger partial charge < -0.3 is 25.4 Å². The molecule has 0 spiro atoms. The average molecular weight is 464 g/mol. The van der Waals surface area contributed by atoms with E-state index in [-0.39, 0.29) is 29.9 Å². The van der Waals surface area contributed by atoms with Crippen LogP contribution in [0.15, 0.2) is 24.3 Å². The Labute approximate surface area is 198 Å². The molecule has 0 bridgehead atoms. The lowest BCUT2D eigenvalue weighted by atomic mass is 9.85. The van der Waals surface area contributed by atoms with Crippen LogP contribution in [0.3, 0.4) is 0 Å². The molecule has 1 saturated heterocycles. The molecule has 3 rings (SSSR count). The summed E-state index contributed by atoms with van der Waals surface area (Å²) in [5.74, 6) is 0.574. The number of urea groups is 1. The minimum atomic E-state index is -0.257. The quantitative estimate of drug-likeness (QED) is 0.469. The number of nitrogens with one attached hydrogen (secondary N) is 1. The summed E-state index contributed by atoms with van der Waals surface area (Å²) in [6.45, 7) is 3.04. The number of benzene rings is 1. The molecule has 3 atom stereocenters. The van der Waals surface area contributed by atoms with Gasteiger partial charge in [0, 0.05) is 51.9 Å². The smallest absolute Gasteiger partial charge is 0.317 e. The summed E-state index contributed by atoms with van der Waals surface area (Å²) in [5, 5.41) is 3.21. The molecule has 2 aliphatic rings. The van der Waals surface area contributed by atoms with Gasteiger partial charge in [0.2, 0.25) is 0 Å². The maximum absolute atomic E-state index is 13.5. The van der Waals surface area contributed by atoms with E-state index in [1.807, 2.05) is 4.90 Å². The van der Waals surface area contributed by atoms with E-state index in [1.165, 1.54) is 44.2 Å². The summed E-state index contributed by atoms with van der Waals surface area (Å²) >= 11 is 0. The van der Waals surface area contributed by atoms with Gasteiger partial charge in [-0.3, -0.25) is 0 Å².